The zero-order valence-electron chi connectivity index (χ0n) is 16.5. The second-order valence-corrected chi connectivity index (χ2v) is 6.59. The zero-order valence-corrected chi connectivity index (χ0v) is 16.5. The van der Waals surface area contributed by atoms with Crippen molar-refractivity contribution in [1.82, 2.24) is 15.0 Å². The van der Waals surface area contributed by atoms with E-state index in [1.807, 2.05) is 54.6 Å². The molecule has 2 aromatic carbocycles. The van der Waals surface area contributed by atoms with Gasteiger partial charge in [0.1, 0.15) is 11.4 Å². The van der Waals surface area contributed by atoms with Crippen LogP contribution in [-0.2, 0) is 6.42 Å². The van der Waals surface area contributed by atoms with Crippen molar-refractivity contribution in [2.45, 2.75) is 6.42 Å². The van der Waals surface area contributed by atoms with Crippen LogP contribution in [0.2, 0.25) is 0 Å². The number of carbonyl (C=O) groups is 1. The van der Waals surface area contributed by atoms with Gasteiger partial charge >= 0.3 is 0 Å². The third-order valence-electron chi connectivity index (χ3n) is 4.64. The molecule has 0 aliphatic carbocycles. The van der Waals surface area contributed by atoms with Gasteiger partial charge in [0.25, 0.3) is 5.91 Å². The molecule has 2 N–H and O–H groups in total. The Kier molecular flexibility index (Phi) is 5.80. The van der Waals surface area contributed by atoms with Crippen molar-refractivity contribution in [2.75, 3.05) is 24.3 Å². The van der Waals surface area contributed by atoms with E-state index in [2.05, 4.69) is 25.6 Å². The molecule has 2 heterocycles. The Morgan fingerprint density at radius 1 is 0.967 bits per heavy atom. The second kappa shape index (κ2) is 9.00. The van der Waals surface area contributed by atoms with Crippen LogP contribution < -0.4 is 15.4 Å². The highest BCUT2D eigenvalue weighted by molar-refractivity contribution is 6.07. The minimum absolute atomic E-state index is 0.276. The molecule has 0 spiro atoms. The number of amides is 1. The Morgan fingerprint density at radius 3 is 2.73 bits per heavy atom. The summed E-state index contributed by atoms with van der Waals surface area (Å²) in [5.41, 5.74) is 2.74. The van der Waals surface area contributed by atoms with E-state index in [1.165, 1.54) is 0 Å². The number of para-hydroxylation sites is 2. The third kappa shape index (κ3) is 4.35. The Morgan fingerprint density at radius 2 is 1.83 bits per heavy atom. The largest absolute Gasteiger partial charge is 0.496 e. The van der Waals surface area contributed by atoms with Gasteiger partial charge in [0.05, 0.1) is 18.3 Å². The zero-order chi connectivity index (χ0) is 20.8. The molecule has 4 aromatic rings. The summed E-state index contributed by atoms with van der Waals surface area (Å²) in [6, 6.07) is 18.9. The predicted molar refractivity (Wildman–Crippen MR) is 117 cm³/mol. The van der Waals surface area contributed by atoms with Gasteiger partial charge in [-0.15, -0.1) is 0 Å². The molecule has 1 amide bonds. The summed E-state index contributed by atoms with van der Waals surface area (Å²) in [6.07, 6.45) is 4.01. The number of hydrogen-bond donors (Lipinski definition) is 2. The van der Waals surface area contributed by atoms with Crippen LogP contribution in [0.3, 0.4) is 0 Å². The van der Waals surface area contributed by atoms with Crippen molar-refractivity contribution >= 4 is 28.4 Å². The number of pyridine rings is 1. The number of nitrogens with one attached hydrogen (secondary N) is 2. The molecule has 4 rings (SSSR count). The van der Waals surface area contributed by atoms with E-state index in [9.17, 15) is 4.79 Å². The molecule has 0 fully saturated rings. The number of carbonyl (C=O) groups excluding carboxylic acids is 1. The van der Waals surface area contributed by atoms with Crippen LogP contribution in [-0.4, -0.2) is 34.5 Å². The Balaban J connectivity index is 1.43. The molecule has 0 atom stereocenters. The van der Waals surface area contributed by atoms with Gasteiger partial charge in [-0.25, -0.2) is 9.97 Å². The van der Waals surface area contributed by atoms with Crippen molar-refractivity contribution < 1.29 is 9.53 Å². The summed E-state index contributed by atoms with van der Waals surface area (Å²) in [4.78, 5) is 25.6. The molecule has 7 heteroatoms. The number of hydrogen-bond acceptors (Lipinski definition) is 6. The fraction of sp³-hybridized carbons (Fsp3) is 0.130. The molecule has 0 aliphatic heterocycles. The molecule has 0 saturated heterocycles. The van der Waals surface area contributed by atoms with Crippen molar-refractivity contribution in [1.29, 1.82) is 0 Å². The maximum absolute atomic E-state index is 12.7. The first-order chi connectivity index (χ1) is 14.7. The van der Waals surface area contributed by atoms with Gasteiger partial charge in [0.15, 0.2) is 0 Å². The van der Waals surface area contributed by atoms with Crippen LogP contribution >= 0.6 is 0 Å². The quantitative estimate of drug-likeness (QED) is 0.489. The van der Waals surface area contributed by atoms with Crippen molar-refractivity contribution in [3.63, 3.8) is 0 Å². The average Bonchev–Trinajstić information content (AvgIpc) is 2.80. The van der Waals surface area contributed by atoms with E-state index in [-0.39, 0.29) is 11.6 Å². The summed E-state index contributed by atoms with van der Waals surface area (Å²) in [5, 5.41) is 7.01. The van der Waals surface area contributed by atoms with Gasteiger partial charge in [0, 0.05) is 24.3 Å². The van der Waals surface area contributed by atoms with E-state index in [1.54, 1.807) is 25.6 Å². The van der Waals surface area contributed by atoms with Crippen LogP contribution in [0.5, 0.6) is 5.75 Å². The molecule has 0 aliphatic rings. The number of rotatable bonds is 7. The topological polar surface area (TPSA) is 89.0 Å². The molecule has 7 nitrogen and oxygen atoms in total. The number of fused-ring (bicyclic) bond motifs is 1. The van der Waals surface area contributed by atoms with Crippen molar-refractivity contribution in [3.8, 4) is 5.75 Å². The minimum Gasteiger partial charge on any atom is -0.496 e. The van der Waals surface area contributed by atoms with Crippen LogP contribution in [0.15, 0.2) is 73.1 Å². The fourth-order valence-corrected chi connectivity index (χ4v) is 3.18. The van der Waals surface area contributed by atoms with Crippen LogP contribution in [0, 0.1) is 0 Å². The number of anilines is 2. The van der Waals surface area contributed by atoms with Gasteiger partial charge in [-0.3, -0.25) is 9.78 Å². The van der Waals surface area contributed by atoms with Gasteiger partial charge < -0.3 is 15.4 Å². The summed E-state index contributed by atoms with van der Waals surface area (Å²) in [5.74, 6) is 0.925. The Labute approximate surface area is 174 Å². The first kappa shape index (κ1) is 19.3. The van der Waals surface area contributed by atoms with Crippen molar-refractivity contribution in [3.05, 3.63) is 84.3 Å². The first-order valence-electron chi connectivity index (χ1n) is 9.58. The lowest BCUT2D eigenvalue weighted by Crippen LogP contribution is -2.16. The maximum Gasteiger partial charge on any atom is 0.274 e. The van der Waals surface area contributed by atoms with Gasteiger partial charge in [-0.1, -0.05) is 36.4 Å². The van der Waals surface area contributed by atoms with Gasteiger partial charge in [0.2, 0.25) is 5.95 Å². The minimum atomic E-state index is -0.316. The summed E-state index contributed by atoms with van der Waals surface area (Å²) in [6.45, 7) is 0.610. The molecule has 2 aromatic heterocycles. The van der Waals surface area contributed by atoms with Crippen LogP contribution in [0.1, 0.15) is 16.1 Å². The average molecular weight is 399 g/mol. The summed E-state index contributed by atoms with van der Waals surface area (Å²) < 4.78 is 5.37. The number of benzene rings is 2. The summed E-state index contributed by atoms with van der Waals surface area (Å²) >= 11 is 0. The first-order valence-corrected chi connectivity index (χ1v) is 9.58. The van der Waals surface area contributed by atoms with E-state index < -0.39 is 0 Å². The van der Waals surface area contributed by atoms with E-state index in [0.717, 1.165) is 28.6 Å². The number of ether oxygens (including phenoxy) is 1. The number of aromatic nitrogens is 3. The molecular formula is C23H21N5O2. The van der Waals surface area contributed by atoms with Crippen molar-refractivity contribution in [2.24, 2.45) is 0 Å². The SMILES string of the molecule is COc1ccccc1CCNc1nccc(C(=O)Nc2cccc3cccnc23)n1. The molecule has 0 unspecified atom stereocenters. The standard InChI is InChI=1S/C23H21N5O2/c1-30-20-10-3-2-6-16(20)11-14-25-23-26-15-12-19(28-23)22(29)27-18-9-4-7-17-8-5-13-24-21(17)18/h2-10,12-13,15H,11,14H2,1H3,(H,27,29)(H,25,26,28). The van der Waals surface area contributed by atoms with Gasteiger partial charge in [-0.2, -0.15) is 0 Å². The fourth-order valence-electron chi connectivity index (χ4n) is 3.18. The highest BCUT2D eigenvalue weighted by atomic mass is 16.5. The smallest absolute Gasteiger partial charge is 0.274 e. The maximum atomic E-state index is 12.7. The normalized spacial score (nSPS) is 10.6. The van der Waals surface area contributed by atoms with Gasteiger partial charge in [-0.05, 0) is 36.2 Å². The molecule has 0 radical (unpaired) electrons. The molecule has 30 heavy (non-hydrogen) atoms. The third-order valence-corrected chi connectivity index (χ3v) is 4.64. The highest BCUT2D eigenvalue weighted by Crippen LogP contribution is 2.21. The highest BCUT2D eigenvalue weighted by Gasteiger charge is 2.11. The van der Waals surface area contributed by atoms with E-state index >= 15 is 0 Å². The molecule has 150 valence electrons. The van der Waals surface area contributed by atoms with E-state index in [0.29, 0.717) is 18.2 Å². The summed E-state index contributed by atoms with van der Waals surface area (Å²) in [7, 11) is 1.66. The molecular weight excluding hydrogens is 378 g/mol. The predicted octanol–water partition coefficient (Wildman–Crippen LogP) is 3.94. The van der Waals surface area contributed by atoms with Crippen LogP contribution in [0.25, 0.3) is 10.9 Å². The monoisotopic (exact) mass is 399 g/mol. The van der Waals surface area contributed by atoms with E-state index in [4.69, 9.17) is 4.74 Å². The lowest BCUT2D eigenvalue weighted by atomic mass is 10.1. The number of methoxy groups -OCH3 is 1. The molecule has 0 bridgehead atoms. The Bertz CT molecular complexity index is 1170. The number of nitrogens with zero attached hydrogens (tertiary/aromatic N) is 3. The van der Waals surface area contributed by atoms with Crippen LogP contribution in [0.4, 0.5) is 11.6 Å². The second-order valence-electron chi connectivity index (χ2n) is 6.59. The lowest BCUT2D eigenvalue weighted by Gasteiger charge is -2.10. The Hall–Kier alpha value is -4.00. The molecule has 0 saturated carbocycles. The lowest BCUT2D eigenvalue weighted by molar-refractivity contribution is 0.102.